The van der Waals surface area contributed by atoms with E-state index in [2.05, 4.69) is 4.90 Å². The number of hydrogen-bond acceptors (Lipinski definition) is 4. The van der Waals surface area contributed by atoms with Crippen molar-refractivity contribution in [2.75, 3.05) is 6.54 Å². The maximum Gasteiger partial charge on any atom is 0.222 e. The molecule has 0 bridgehead atoms. The van der Waals surface area contributed by atoms with Crippen LogP contribution in [0.1, 0.15) is 24.0 Å². The third kappa shape index (κ3) is 5.78. The van der Waals surface area contributed by atoms with Gasteiger partial charge in [0.05, 0.1) is 11.7 Å². The van der Waals surface area contributed by atoms with Crippen molar-refractivity contribution in [3.63, 3.8) is 0 Å². The molecule has 0 radical (unpaired) electrons. The van der Waals surface area contributed by atoms with Crippen LogP contribution in [0.15, 0.2) is 84.9 Å². The van der Waals surface area contributed by atoms with Crippen LogP contribution in [0, 0.1) is 5.82 Å². The fraction of sp³-hybridized carbons (Fsp3) is 0.276. The summed E-state index contributed by atoms with van der Waals surface area (Å²) in [6.45, 7) is 1.14. The third-order valence-electron chi connectivity index (χ3n) is 6.33. The normalized spacial score (nSPS) is 14.3. The Morgan fingerprint density at radius 1 is 1.03 bits per heavy atom. The molecule has 1 N–H and O–H groups in total. The lowest BCUT2D eigenvalue weighted by atomic mass is 10.1. The smallest absolute Gasteiger partial charge is 0.222 e. The molecule has 1 fully saturated rings. The van der Waals surface area contributed by atoms with E-state index in [1.54, 1.807) is 16.8 Å². The van der Waals surface area contributed by atoms with Gasteiger partial charge in [0.2, 0.25) is 5.88 Å². The summed E-state index contributed by atoms with van der Waals surface area (Å²) < 4.78 is 21.8. The number of benzene rings is 3. The second-order valence-electron chi connectivity index (χ2n) is 9.19. The molecule has 0 spiro atoms. The molecular formula is C29H30FN3O2. The predicted octanol–water partition coefficient (Wildman–Crippen LogP) is 5.59. The molecule has 5 nitrogen and oxygen atoms in total. The van der Waals surface area contributed by atoms with Crippen molar-refractivity contribution >= 4 is 0 Å². The van der Waals surface area contributed by atoms with E-state index < -0.39 is 6.10 Å². The molecule has 4 aromatic rings. The zero-order valence-electron chi connectivity index (χ0n) is 19.8. The molecule has 1 aliphatic carbocycles. The van der Waals surface area contributed by atoms with E-state index in [-0.39, 0.29) is 5.82 Å². The van der Waals surface area contributed by atoms with E-state index in [0.717, 1.165) is 35.2 Å². The van der Waals surface area contributed by atoms with E-state index >= 15 is 0 Å². The van der Waals surface area contributed by atoms with Crippen molar-refractivity contribution in [3.8, 4) is 22.9 Å². The number of hydrogen-bond donors (Lipinski definition) is 1. The number of rotatable bonds is 10. The SMILES string of the molecule is Cn1nc(-c2ccccc2)c(CN(C[C@H](O)Cc2ccccc2)C2CC2)c1Oc1cccc(F)c1. The molecule has 1 saturated carbocycles. The van der Waals surface area contributed by atoms with E-state index in [1.807, 2.05) is 67.7 Å². The molecule has 3 aromatic carbocycles. The van der Waals surface area contributed by atoms with Crippen LogP contribution in [-0.2, 0) is 20.0 Å². The Bertz CT molecular complexity index is 1260. The Morgan fingerprint density at radius 2 is 1.74 bits per heavy atom. The molecule has 0 aliphatic heterocycles. The molecule has 180 valence electrons. The Morgan fingerprint density at radius 3 is 2.43 bits per heavy atom. The summed E-state index contributed by atoms with van der Waals surface area (Å²) in [5.74, 6) is 0.659. The quantitative estimate of drug-likeness (QED) is 0.328. The first-order valence-electron chi connectivity index (χ1n) is 12.1. The first-order valence-corrected chi connectivity index (χ1v) is 12.1. The first-order chi connectivity index (χ1) is 17.1. The molecule has 1 heterocycles. The summed E-state index contributed by atoms with van der Waals surface area (Å²) in [5.41, 5.74) is 3.88. The topological polar surface area (TPSA) is 50.5 Å². The van der Waals surface area contributed by atoms with Crippen LogP contribution in [0.3, 0.4) is 0 Å². The van der Waals surface area contributed by atoms with E-state index in [1.165, 1.54) is 12.1 Å². The van der Waals surface area contributed by atoms with Crippen molar-refractivity contribution in [1.29, 1.82) is 0 Å². The summed E-state index contributed by atoms with van der Waals surface area (Å²) in [5, 5.41) is 15.7. The molecule has 6 heteroatoms. The minimum Gasteiger partial charge on any atom is -0.439 e. The number of aliphatic hydroxyl groups excluding tert-OH is 1. The van der Waals surface area contributed by atoms with Gasteiger partial charge in [-0.2, -0.15) is 5.10 Å². The van der Waals surface area contributed by atoms with Gasteiger partial charge in [-0.05, 0) is 37.0 Å². The highest BCUT2D eigenvalue weighted by Gasteiger charge is 2.33. The lowest BCUT2D eigenvalue weighted by Gasteiger charge is -2.25. The number of nitrogens with zero attached hydrogens (tertiary/aromatic N) is 3. The van der Waals surface area contributed by atoms with Gasteiger partial charge in [0, 0.05) is 37.8 Å². The lowest BCUT2D eigenvalue weighted by molar-refractivity contribution is 0.104. The minimum atomic E-state index is -0.484. The fourth-order valence-corrected chi connectivity index (χ4v) is 4.50. The van der Waals surface area contributed by atoms with Crippen molar-refractivity contribution in [2.45, 2.75) is 38.0 Å². The summed E-state index contributed by atoms with van der Waals surface area (Å²) in [6, 6.07) is 26.7. The monoisotopic (exact) mass is 471 g/mol. The molecule has 0 saturated heterocycles. The summed E-state index contributed by atoms with van der Waals surface area (Å²) in [7, 11) is 1.84. The summed E-state index contributed by atoms with van der Waals surface area (Å²) in [4.78, 5) is 2.33. The summed E-state index contributed by atoms with van der Waals surface area (Å²) in [6.07, 6.45) is 2.34. The average molecular weight is 472 g/mol. The number of halogens is 1. The fourth-order valence-electron chi connectivity index (χ4n) is 4.50. The number of ether oxygens (including phenoxy) is 1. The highest BCUT2D eigenvalue weighted by Crippen LogP contribution is 2.37. The largest absolute Gasteiger partial charge is 0.439 e. The third-order valence-corrected chi connectivity index (χ3v) is 6.33. The van der Waals surface area contributed by atoms with Gasteiger partial charge in [-0.3, -0.25) is 4.90 Å². The van der Waals surface area contributed by atoms with Crippen molar-refractivity contribution in [1.82, 2.24) is 14.7 Å². The number of aromatic nitrogens is 2. The molecule has 35 heavy (non-hydrogen) atoms. The number of aryl methyl sites for hydroxylation is 1. The zero-order chi connectivity index (χ0) is 24.2. The van der Waals surface area contributed by atoms with Gasteiger partial charge < -0.3 is 9.84 Å². The van der Waals surface area contributed by atoms with E-state index in [9.17, 15) is 9.50 Å². The maximum absolute atomic E-state index is 13.8. The highest BCUT2D eigenvalue weighted by molar-refractivity contribution is 5.65. The maximum atomic E-state index is 13.8. The van der Waals surface area contributed by atoms with Crippen molar-refractivity contribution in [2.24, 2.45) is 7.05 Å². The van der Waals surface area contributed by atoms with Crippen LogP contribution in [0.2, 0.25) is 0 Å². The van der Waals surface area contributed by atoms with Crippen molar-refractivity contribution in [3.05, 3.63) is 102 Å². The van der Waals surface area contributed by atoms with Gasteiger partial charge in [-0.1, -0.05) is 66.7 Å². The van der Waals surface area contributed by atoms with Gasteiger partial charge in [-0.25, -0.2) is 9.07 Å². The van der Waals surface area contributed by atoms with Gasteiger partial charge in [0.15, 0.2) is 0 Å². The molecule has 1 aromatic heterocycles. The Labute approximate surface area is 205 Å². The van der Waals surface area contributed by atoms with Crippen LogP contribution in [0.5, 0.6) is 11.6 Å². The average Bonchev–Trinajstić information content (AvgIpc) is 3.66. The van der Waals surface area contributed by atoms with E-state index in [4.69, 9.17) is 9.84 Å². The van der Waals surface area contributed by atoms with Crippen LogP contribution in [-0.4, -0.2) is 38.5 Å². The molecule has 0 unspecified atom stereocenters. The molecule has 1 aliphatic rings. The van der Waals surface area contributed by atoms with Crippen LogP contribution < -0.4 is 4.74 Å². The molecule has 5 rings (SSSR count). The Balaban J connectivity index is 1.45. The van der Waals surface area contributed by atoms with Crippen molar-refractivity contribution < 1.29 is 14.2 Å². The second kappa shape index (κ2) is 10.4. The Hall–Kier alpha value is -3.48. The van der Waals surface area contributed by atoms with Gasteiger partial charge >= 0.3 is 0 Å². The van der Waals surface area contributed by atoms with Crippen LogP contribution in [0.4, 0.5) is 4.39 Å². The molecular weight excluding hydrogens is 441 g/mol. The predicted molar refractivity (Wildman–Crippen MR) is 135 cm³/mol. The Kier molecular flexibility index (Phi) is 6.93. The minimum absolute atomic E-state index is 0.349. The highest BCUT2D eigenvalue weighted by atomic mass is 19.1. The second-order valence-corrected chi connectivity index (χ2v) is 9.19. The first kappa shape index (κ1) is 23.3. The zero-order valence-corrected chi connectivity index (χ0v) is 19.8. The van der Waals surface area contributed by atoms with Crippen LogP contribution in [0.25, 0.3) is 11.3 Å². The molecule has 1 atom stereocenters. The van der Waals surface area contributed by atoms with E-state index in [0.29, 0.717) is 37.2 Å². The standard InChI is InChI=1S/C29H30FN3O2/c1-32-29(35-26-14-8-13-23(30)18-26)27(28(31-32)22-11-6-3-7-12-22)20-33(24-15-16-24)19-25(34)17-21-9-4-2-5-10-21/h2-14,18,24-25,34H,15-17,19-20H2,1H3/t25-/m1/s1. The molecule has 0 amide bonds. The summed E-state index contributed by atoms with van der Waals surface area (Å²) >= 11 is 0. The van der Waals surface area contributed by atoms with Crippen LogP contribution >= 0.6 is 0 Å². The number of aliphatic hydroxyl groups is 1. The lowest BCUT2D eigenvalue weighted by Crippen LogP contribution is -2.35. The van der Waals surface area contributed by atoms with Gasteiger partial charge in [0.25, 0.3) is 0 Å². The van der Waals surface area contributed by atoms with Gasteiger partial charge in [-0.15, -0.1) is 0 Å². The van der Waals surface area contributed by atoms with Gasteiger partial charge in [0.1, 0.15) is 17.3 Å².